The first-order valence-electron chi connectivity index (χ1n) is 11.6. The van der Waals surface area contributed by atoms with Gasteiger partial charge in [-0.3, -0.25) is 4.79 Å². The minimum atomic E-state index is -0.658. The second-order valence-corrected chi connectivity index (χ2v) is 9.68. The Balaban J connectivity index is 1.70. The van der Waals surface area contributed by atoms with E-state index < -0.39 is 11.4 Å². The number of anilines is 1. The molecule has 0 unspecified atom stereocenters. The fourth-order valence-electron chi connectivity index (χ4n) is 4.53. The van der Waals surface area contributed by atoms with Gasteiger partial charge in [0.15, 0.2) is 5.43 Å². The van der Waals surface area contributed by atoms with Gasteiger partial charge in [0, 0.05) is 36.6 Å². The molecule has 1 saturated heterocycles. The molecular formula is C27H24N4O3S. The summed E-state index contributed by atoms with van der Waals surface area (Å²) in [5.41, 5.74) is 4.00. The first-order chi connectivity index (χ1) is 17.0. The summed E-state index contributed by atoms with van der Waals surface area (Å²) in [6.07, 6.45) is 3.76. The molecular weight excluding hydrogens is 460 g/mol. The number of benzene rings is 2. The molecule has 4 aromatic rings. The third kappa shape index (κ3) is 4.31. The Hall–Kier alpha value is -3.96. The summed E-state index contributed by atoms with van der Waals surface area (Å²) in [7, 11) is 0. The van der Waals surface area contributed by atoms with Gasteiger partial charge in [-0.2, -0.15) is 5.26 Å². The first kappa shape index (κ1) is 22.8. The number of thiazole rings is 1. The summed E-state index contributed by atoms with van der Waals surface area (Å²) in [5.74, 6) is -0.658. The number of nitriles is 1. The molecule has 0 radical (unpaired) electrons. The highest BCUT2D eigenvalue weighted by atomic mass is 32.1. The van der Waals surface area contributed by atoms with Crippen molar-refractivity contribution in [2.24, 2.45) is 0 Å². The molecule has 8 heteroatoms. The number of aromatic nitrogens is 2. The molecule has 35 heavy (non-hydrogen) atoms. The Bertz CT molecular complexity index is 1540. The van der Waals surface area contributed by atoms with Gasteiger partial charge in [0.2, 0.25) is 0 Å². The van der Waals surface area contributed by atoms with Gasteiger partial charge in [-0.25, -0.2) is 9.78 Å². The van der Waals surface area contributed by atoms with Gasteiger partial charge in [-0.05, 0) is 57.0 Å². The van der Waals surface area contributed by atoms with Crippen molar-refractivity contribution >= 4 is 33.2 Å². The molecule has 1 aliphatic heterocycles. The SMILES string of the molecule is CCOC(=O)c1cn(-c2ccc3nc(C)sc3c2)c(-c2ccc(N3CCCC3)c(C#N)c2)cc1=O. The molecule has 0 spiro atoms. The van der Waals surface area contributed by atoms with Crippen LogP contribution in [0.3, 0.4) is 0 Å². The van der Waals surface area contributed by atoms with Crippen LogP contribution in [0.2, 0.25) is 0 Å². The smallest absolute Gasteiger partial charge is 0.343 e. The summed E-state index contributed by atoms with van der Waals surface area (Å²) in [4.78, 5) is 32.2. The van der Waals surface area contributed by atoms with Gasteiger partial charge >= 0.3 is 5.97 Å². The highest BCUT2D eigenvalue weighted by molar-refractivity contribution is 7.18. The highest BCUT2D eigenvalue weighted by Crippen LogP contribution is 2.31. The number of carbonyl (C=O) groups is 1. The van der Waals surface area contributed by atoms with E-state index in [1.54, 1.807) is 18.3 Å². The Morgan fingerprint density at radius 1 is 1.17 bits per heavy atom. The van der Waals surface area contributed by atoms with Crippen LogP contribution in [0.15, 0.2) is 53.5 Å². The molecule has 2 aromatic carbocycles. The highest BCUT2D eigenvalue weighted by Gasteiger charge is 2.20. The molecule has 1 aliphatic rings. The Labute approximate surface area is 206 Å². The maximum Gasteiger partial charge on any atom is 0.343 e. The van der Waals surface area contributed by atoms with E-state index in [9.17, 15) is 14.9 Å². The molecule has 0 atom stereocenters. The lowest BCUT2D eigenvalue weighted by Crippen LogP contribution is -2.20. The zero-order valence-electron chi connectivity index (χ0n) is 19.6. The molecule has 2 aromatic heterocycles. The third-order valence-electron chi connectivity index (χ3n) is 6.16. The van der Waals surface area contributed by atoms with Crippen molar-refractivity contribution in [1.82, 2.24) is 9.55 Å². The van der Waals surface area contributed by atoms with Crippen LogP contribution < -0.4 is 10.3 Å². The number of carbonyl (C=O) groups excluding carboxylic acids is 1. The lowest BCUT2D eigenvalue weighted by atomic mass is 10.0. The molecule has 5 rings (SSSR count). The fraction of sp³-hybridized carbons (Fsp3) is 0.259. The van der Waals surface area contributed by atoms with E-state index in [0.29, 0.717) is 11.3 Å². The van der Waals surface area contributed by atoms with Gasteiger partial charge < -0.3 is 14.2 Å². The van der Waals surface area contributed by atoms with Crippen molar-refractivity contribution in [3.05, 3.63) is 75.0 Å². The molecule has 3 heterocycles. The maximum atomic E-state index is 13.0. The van der Waals surface area contributed by atoms with Crippen molar-refractivity contribution in [2.45, 2.75) is 26.7 Å². The van der Waals surface area contributed by atoms with Gasteiger partial charge in [0.1, 0.15) is 11.6 Å². The van der Waals surface area contributed by atoms with Crippen LogP contribution in [0.5, 0.6) is 0 Å². The zero-order chi connectivity index (χ0) is 24.5. The van der Waals surface area contributed by atoms with Crippen LogP contribution in [0.1, 0.15) is 40.7 Å². The van der Waals surface area contributed by atoms with Crippen LogP contribution in [-0.4, -0.2) is 35.2 Å². The van der Waals surface area contributed by atoms with Crippen LogP contribution in [0.4, 0.5) is 5.69 Å². The number of fused-ring (bicyclic) bond motifs is 1. The lowest BCUT2D eigenvalue weighted by molar-refractivity contribution is 0.0524. The van der Waals surface area contributed by atoms with Gasteiger partial charge in [0.25, 0.3) is 0 Å². The normalized spacial score (nSPS) is 13.2. The summed E-state index contributed by atoms with van der Waals surface area (Å²) < 4.78 is 7.94. The van der Waals surface area contributed by atoms with E-state index in [2.05, 4.69) is 16.0 Å². The Kier molecular flexibility index (Phi) is 6.10. The molecule has 0 bridgehead atoms. The quantitative estimate of drug-likeness (QED) is 0.368. The number of aryl methyl sites for hydroxylation is 1. The number of hydrogen-bond donors (Lipinski definition) is 0. The van der Waals surface area contributed by atoms with Crippen molar-refractivity contribution < 1.29 is 9.53 Å². The molecule has 0 N–H and O–H groups in total. The Morgan fingerprint density at radius 3 is 2.71 bits per heavy atom. The van der Waals surface area contributed by atoms with Crippen molar-refractivity contribution in [3.63, 3.8) is 0 Å². The first-order valence-corrected chi connectivity index (χ1v) is 12.4. The maximum absolute atomic E-state index is 13.0. The van der Waals surface area contributed by atoms with E-state index in [-0.39, 0.29) is 12.2 Å². The number of hydrogen-bond acceptors (Lipinski definition) is 7. The minimum absolute atomic E-state index is 0.0367. The number of pyridine rings is 1. The number of nitrogens with zero attached hydrogens (tertiary/aromatic N) is 4. The van der Waals surface area contributed by atoms with Gasteiger partial charge in [0.05, 0.1) is 38.8 Å². The topological polar surface area (TPSA) is 88.2 Å². The van der Waals surface area contributed by atoms with Gasteiger partial charge in [-0.15, -0.1) is 11.3 Å². The summed E-state index contributed by atoms with van der Waals surface area (Å²) in [6, 6.07) is 15.3. The van der Waals surface area contributed by atoms with Crippen molar-refractivity contribution in [1.29, 1.82) is 5.26 Å². The molecule has 0 amide bonds. The number of esters is 1. The summed E-state index contributed by atoms with van der Waals surface area (Å²) in [5, 5.41) is 10.8. The lowest BCUT2D eigenvalue weighted by Gasteiger charge is -2.20. The average molecular weight is 485 g/mol. The van der Waals surface area contributed by atoms with E-state index in [0.717, 1.165) is 58.1 Å². The van der Waals surface area contributed by atoms with E-state index in [1.807, 2.05) is 47.9 Å². The third-order valence-corrected chi connectivity index (χ3v) is 7.10. The summed E-state index contributed by atoms with van der Waals surface area (Å²) >= 11 is 1.58. The number of ether oxygens (including phenoxy) is 1. The zero-order valence-corrected chi connectivity index (χ0v) is 20.4. The average Bonchev–Trinajstić information content (AvgIpc) is 3.52. The largest absolute Gasteiger partial charge is 0.462 e. The second-order valence-electron chi connectivity index (χ2n) is 8.45. The molecule has 0 aliphatic carbocycles. The van der Waals surface area contributed by atoms with Crippen molar-refractivity contribution in [2.75, 3.05) is 24.6 Å². The monoisotopic (exact) mass is 484 g/mol. The van der Waals surface area contributed by atoms with E-state index >= 15 is 0 Å². The second kappa shape index (κ2) is 9.35. The van der Waals surface area contributed by atoms with Crippen LogP contribution in [0, 0.1) is 18.3 Å². The van der Waals surface area contributed by atoms with Crippen LogP contribution >= 0.6 is 11.3 Å². The minimum Gasteiger partial charge on any atom is -0.462 e. The molecule has 7 nitrogen and oxygen atoms in total. The molecule has 0 saturated carbocycles. The summed E-state index contributed by atoms with van der Waals surface area (Å²) in [6.45, 7) is 5.70. The van der Waals surface area contributed by atoms with Gasteiger partial charge in [-0.1, -0.05) is 6.07 Å². The molecule has 176 valence electrons. The van der Waals surface area contributed by atoms with Crippen LogP contribution in [-0.2, 0) is 4.74 Å². The van der Waals surface area contributed by atoms with E-state index in [1.165, 1.54) is 12.3 Å². The van der Waals surface area contributed by atoms with Crippen LogP contribution in [0.25, 0.3) is 27.2 Å². The fourth-order valence-corrected chi connectivity index (χ4v) is 5.39. The van der Waals surface area contributed by atoms with Crippen molar-refractivity contribution in [3.8, 4) is 23.0 Å². The number of rotatable bonds is 5. The predicted molar refractivity (Wildman–Crippen MR) is 138 cm³/mol. The van der Waals surface area contributed by atoms with E-state index in [4.69, 9.17) is 4.74 Å². The Morgan fingerprint density at radius 2 is 1.97 bits per heavy atom. The predicted octanol–water partition coefficient (Wildman–Crippen LogP) is 5.07. The molecule has 1 fully saturated rings. The standard InChI is InChI=1S/C27H24N4O3S/c1-3-34-27(33)21-16-31(20-7-8-22-26(13-20)35-17(2)29-22)24(14-25(21)32)18-6-9-23(19(12-18)15-28)30-10-4-5-11-30/h6-9,12-14,16H,3-5,10-11H2,1-2H3.